The van der Waals surface area contributed by atoms with Gasteiger partial charge in [-0.25, -0.2) is 4.79 Å². The van der Waals surface area contributed by atoms with Crippen molar-refractivity contribution >= 4 is 23.1 Å². The number of aliphatic hydroxyl groups is 1. The van der Waals surface area contributed by atoms with E-state index in [1.165, 1.54) is 10.9 Å². The lowest BCUT2D eigenvalue weighted by Gasteiger charge is -2.33. The Morgan fingerprint density at radius 3 is 2.81 bits per heavy atom. The van der Waals surface area contributed by atoms with Crippen LogP contribution in [0.15, 0.2) is 60.8 Å². The summed E-state index contributed by atoms with van der Waals surface area (Å²) in [6.07, 6.45) is 11.4. The molecule has 5 rings (SSSR count). The Kier molecular flexibility index (Phi) is 5.75. The monoisotopic (exact) mass is 430 g/mol. The number of benzene rings is 2. The van der Waals surface area contributed by atoms with Gasteiger partial charge in [-0.05, 0) is 67.3 Å². The van der Waals surface area contributed by atoms with Crippen molar-refractivity contribution in [3.8, 4) is 0 Å². The number of rotatable bonds is 6. The standard InChI is InChI=1S/C27H30N2O3/c30-26(32-19-21-6-2-1-3-7-21)29-15-4-8-23(29)17-22-18-28-25-10-9-20(16-24(22)25)11-14-27(31)12-5-13-27/h1-3,6-7,9-11,14,16,18,23,28,31H,4-5,8,12-13,15,17,19H2/b14-11+/t23-/m1/s1. The van der Waals surface area contributed by atoms with E-state index in [-0.39, 0.29) is 12.1 Å². The van der Waals surface area contributed by atoms with Gasteiger partial charge in [0.2, 0.25) is 0 Å². The number of amides is 1. The average Bonchev–Trinajstić information content (AvgIpc) is 3.43. The van der Waals surface area contributed by atoms with Gasteiger partial charge in [-0.2, -0.15) is 0 Å². The zero-order valence-electron chi connectivity index (χ0n) is 18.3. The molecule has 1 amide bonds. The van der Waals surface area contributed by atoms with Crippen molar-refractivity contribution in [1.29, 1.82) is 0 Å². The molecule has 1 aliphatic heterocycles. The van der Waals surface area contributed by atoms with E-state index in [4.69, 9.17) is 4.74 Å². The Hall–Kier alpha value is -3.05. The quantitative estimate of drug-likeness (QED) is 0.547. The Bertz CT molecular complexity index is 1110. The fourth-order valence-corrected chi connectivity index (χ4v) is 4.77. The highest BCUT2D eigenvalue weighted by Gasteiger charge is 2.32. The molecule has 0 bridgehead atoms. The second-order valence-electron chi connectivity index (χ2n) is 9.14. The zero-order valence-corrected chi connectivity index (χ0v) is 18.3. The van der Waals surface area contributed by atoms with Gasteiger partial charge in [-0.15, -0.1) is 0 Å². The molecule has 2 fully saturated rings. The summed E-state index contributed by atoms with van der Waals surface area (Å²) in [5, 5.41) is 11.5. The van der Waals surface area contributed by atoms with Crippen LogP contribution in [0, 0.1) is 0 Å². The molecule has 5 nitrogen and oxygen atoms in total. The molecule has 0 spiro atoms. The Morgan fingerprint density at radius 2 is 2.03 bits per heavy atom. The van der Waals surface area contributed by atoms with Crippen molar-refractivity contribution in [2.45, 2.75) is 56.8 Å². The predicted molar refractivity (Wildman–Crippen MR) is 126 cm³/mol. The molecule has 2 aromatic carbocycles. The third kappa shape index (κ3) is 4.44. The first-order chi connectivity index (χ1) is 15.6. The van der Waals surface area contributed by atoms with E-state index in [0.717, 1.165) is 61.7 Å². The summed E-state index contributed by atoms with van der Waals surface area (Å²) in [5.74, 6) is 0. The average molecular weight is 431 g/mol. The van der Waals surface area contributed by atoms with Gasteiger partial charge in [0.1, 0.15) is 6.61 Å². The number of carbonyl (C=O) groups is 1. The molecule has 2 N–H and O–H groups in total. The summed E-state index contributed by atoms with van der Waals surface area (Å²) >= 11 is 0. The maximum absolute atomic E-state index is 12.8. The van der Waals surface area contributed by atoms with Gasteiger partial charge in [0, 0.05) is 29.7 Å². The lowest BCUT2D eigenvalue weighted by Crippen LogP contribution is -2.37. The molecule has 2 heterocycles. The van der Waals surface area contributed by atoms with E-state index in [0.29, 0.717) is 6.61 Å². The van der Waals surface area contributed by atoms with Crippen LogP contribution in [-0.2, 0) is 17.8 Å². The third-order valence-corrected chi connectivity index (χ3v) is 6.87. The molecule has 166 valence electrons. The SMILES string of the molecule is O=C(OCc1ccccc1)N1CCC[C@@H]1Cc1c[nH]c2ccc(/C=C/C3(O)CCC3)cc12. The highest BCUT2D eigenvalue weighted by molar-refractivity contribution is 5.85. The first-order valence-electron chi connectivity index (χ1n) is 11.6. The van der Waals surface area contributed by atoms with Gasteiger partial charge in [0.15, 0.2) is 0 Å². The van der Waals surface area contributed by atoms with E-state index < -0.39 is 5.60 Å². The van der Waals surface area contributed by atoms with E-state index >= 15 is 0 Å². The van der Waals surface area contributed by atoms with Crippen molar-refractivity contribution < 1.29 is 14.6 Å². The molecule has 1 atom stereocenters. The minimum atomic E-state index is -0.625. The molecule has 32 heavy (non-hydrogen) atoms. The lowest BCUT2D eigenvalue weighted by molar-refractivity contribution is 0.0150. The van der Waals surface area contributed by atoms with Crippen molar-refractivity contribution in [3.05, 3.63) is 77.5 Å². The number of fused-ring (bicyclic) bond motifs is 1. The van der Waals surface area contributed by atoms with Crippen LogP contribution < -0.4 is 0 Å². The number of aromatic nitrogens is 1. The second-order valence-corrected chi connectivity index (χ2v) is 9.14. The van der Waals surface area contributed by atoms with Gasteiger partial charge in [-0.3, -0.25) is 0 Å². The molecule has 3 aromatic rings. The Morgan fingerprint density at radius 1 is 1.19 bits per heavy atom. The van der Waals surface area contributed by atoms with Crippen LogP contribution in [0.2, 0.25) is 0 Å². The van der Waals surface area contributed by atoms with Crippen molar-refractivity contribution in [1.82, 2.24) is 9.88 Å². The Balaban J connectivity index is 1.27. The summed E-state index contributed by atoms with van der Waals surface area (Å²) in [6, 6.07) is 16.3. The smallest absolute Gasteiger partial charge is 0.410 e. The Labute approximate surface area is 188 Å². The zero-order chi connectivity index (χ0) is 22.0. The van der Waals surface area contributed by atoms with Crippen LogP contribution in [-0.4, -0.2) is 39.3 Å². The van der Waals surface area contributed by atoms with Crippen molar-refractivity contribution in [2.75, 3.05) is 6.54 Å². The summed E-state index contributed by atoms with van der Waals surface area (Å²) in [5.41, 5.74) is 3.77. The minimum absolute atomic E-state index is 0.146. The van der Waals surface area contributed by atoms with Gasteiger partial charge in [0.25, 0.3) is 0 Å². The van der Waals surface area contributed by atoms with Gasteiger partial charge >= 0.3 is 6.09 Å². The fraction of sp³-hybridized carbons (Fsp3) is 0.370. The normalized spacial score (nSPS) is 20.0. The molecule has 0 unspecified atom stereocenters. The van der Waals surface area contributed by atoms with Gasteiger partial charge in [-0.1, -0.05) is 48.6 Å². The minimum Gasteiger partial charge on any atom is -0.445 e. The number of hydrogen-bond donors (Lipinski definition) is 2. The molecule has 5 heteroatoms. The highest BCUT2D eigenvalue weighted by Crippen LogP contribution is 2.34. The highest BCUT2D eigenvalue weighted by atomic mass is 16.6. The lowest BCUT2D eigenvalue weighted by atomic mass is 9.80. The maximum atomic E-state index is 12.8. The van der Waals surface area contributed by atoms with Crippen molar-refractivity contribution in [2.24, 2.45) is 0 Å². The fourth-order valence-electron chi connectivity index (χ4n) is 4.77. The molecule has 1 saturated heterocycles. The number of likely N-dealkylation sites (tertiary alicyclic amines) is 1. The third-order valence-electron chi connectivity index (χ3n) is 6.87. The number of nitrogens with one attached hydrogen (secondary N) is 1. The number of ether oxygens (including phenoxy) is 1. The number of carbonyl (C=O) groups excluding carboxylic acids is 1. The summed E-state index contributed by atoms with van der Waals surface area (Å²) < 4.78 is 5.59. The number of hydrogen-bond acceptors (Lipinski definition) is 3. The van der Waals surface area contributed by atoms with Crippen LogP contribution in [0.4, 0.5) is 4.79 Å². The van der Waals surface area contributed by atoms with E-state index in [1.54, 1.807) is 0 Å². The molecule has 1 aliphatic carbocycles. The van der Waals surface area contributed by atoms with E-state index in [1.807, 2.05) is 47.4 Å². The second kappa shape index (κ2) is 8.83. The maximum Gasteiger partial charge on any atom is 0.410 e. The van der Waals surface area contributed by atoms with Crippen molar-refractivity contribution in [3.63, 3.8) is 0 Å². The molecular weight excluding hydrogens is 400 g/mol. The summed E-state index contributed by atoms with van der Waals surface area (Å²) in [4.78, 5) is 18.0. The molecule has 0 radical (unpaired) electrons. The number of nitrogens with zero attached hydrogens (tertiary/aromatic N) is 1. The molecule has 1 aromatic heterocycles. The van der Waals surface area contributed by atoms with E-state index in [9.17, 15) is 9.90 Å². The number of H-pyrrole nitrogens is 1. The van der Waals surface area contributed by atoms with Crippen LogP contribution in [0.1, 0.15) is 48.8 Å². The first-order valence-corrected chi connectivity index (χ1v) is 11.6. The molecule has 1 saturated carbocycles. The topological polar surface area (TPSA) is 65.6 Å². The van der Waals surface area contributed by atoms with Gasteiger partial charge < -0.3 is 19.7 Å². The largest absolute Gasteiger partial charge is 0.445 e. The first kappa shape index (κ1) is 20.8. The summed E-state index contributed by atoms with van der Waals surface area (Å²) in [7, 11) is 0. The van der Waals surface area contributed by atoms with Crippen LogP contribution in [0.5, 0.6) is 0 Å². The predicted octanol–water partition coefficient (Wildman–Crippen LogP) is 5.44. The molecule has 2 aliphatic rings. The van der Waals surface area contributed by atoms with Crippen LogP contribution in [0.25, 0.3) is 17.0 Å². The number of aromatic amines is 1. The van der Waals surface area contributed by atoms with Gasteiger partial charge in [0.05, 0.1) is 5.60 Å². The van der Waals surface area contributed by atoms with Crippen LogP contribution in [0.3, 0.4) is 0 Å². The van der Waals surface area contributed by atoms with E-state index in [2.05, 4.69) is 29.4 Å². The molecular formula is C27H30N2O3. The van der Waals surface area contributed by atoms with Crippen LogP contribution >= 0.6 is 0 Å². The summed E-state index contributed by atoms with van der Waals surface area (Å²) in [6.45, 7) is 1.05.